The summed E-state index contributed by atoms with van der Waals surface area (Å²) in [5.41, 5.74) is 0.145. The minimum Gasteiger partial charge on any atom is -0.503 e. The van der Waals surface area contributed by atoms with Gasteiger partial charge in [0.05, 0.1) is 6.04 Å². The molecular formula is C25H24N2O5. The molecule has 2 N–H and O–H groups in total. The van der Waals surface area contributed by atoms with Gasteiger partial charge in [-0.15, -0.1) is 0 Å². The van der Waals surface area contributed by atoms with E-state index in [0.29, 0.717) is 6.54 Å². The molecular weight excluding hydrogens is 408 g/mol. The summed E-state index contributed by atoms with van der Waals surface area (Å²) in [5.74, 6) is -3.03. The summed E-state index contributed by atoms with van der Waals surface area (Å²) >= 11 is 0. The van der Waals surface area contributed by atoms with Gasteiger partial charge in [-0.3, -0.25) is 9.59 Å². The normalized spacial score (nSPS) is 15.8. The molecule has 0 saturated heterocycles. The van der Waals surface area contributed by atoms with Crippen LogP contribution in [0.1, 0.15) is 57.8 Å². The molecule has 2 heterocycles. The highest BCUT2D eigenvalue weighted by Crippen LogP contribution is 2.40. The van der Waals surface area contributed by atoms with Crippen molar-refractivity contribution in [1.82, 2.24) is 9.47 Å². The third kappa shape index (κ3) is 3.56. The molecule has 1 atom stereocenters. The highest BCUT2D eigenvalue weighted by atomic mass is 16.4. The van der Waals surface area contributed by atoms with E-state index in [2.05, 4.69) is 0 Å². The van der Waals surface area contributed by atoms with Crippen LogP contribution in [0.3, 0.4) is 0 Å². The van der Waals surface area contributed by atoms with Crippen molar-refractivity contribution in [3.05, 3.63) is 99.5 Å². The molecule has 0 spiro atoms. The molecule has 0 fully saturated rings. The van der Waals surface area contributed by atoms with Crippen LogP contribution < -0.4 is 5.43 Å². The number of aromatic hydroxyl groups is 1. The predicted octanol–water partition coefficient (Wildman–Crippen LogP) is 3.49. The van der Waals surface area contributed by atoms with E-state index in [4.69, 9.17) is 0 Å². The number of nitrogens with zero attached hydrogens (tertiary/aromatic N) is 2. The highest BCUT2D eigenvalue weighted by molar-refractivity contribution is 5.97. The van der Waals surface area contributed by atoms with Gasteiger partial charge >= 0.3 is 5.97 Å². The second kappa shape index (κ2) is 8.34. The first kappa shape index (κ1) is 21.4. The molecule has 7 nitrogen and oxygen atoms in total. The number of aromatic nitrogens is 1. The van der Waals surface area contributed by atoms with E-state index in [1.807, 2.05) is 74.5 Å². The minimum atomic E-state index is -1.45. The SMILES string of the molecule is CC(C)N1CC(C(c2ccccc2)c2ccccc2)n2cc(C(=O)O)c(=O)c(O)c2C1=O. The average molecular weight is 432 g/mol. The van der Waals surface area contributed by atoms with Crippen LogP contribution in [0.4, 0.5) is 0 Å². The van der Waals surface area contributed by atoms with Crippen molar-refractivity contribution in [2.45, 2.75) is 31.8 Å². The van der Waals surface area contributed by atoms with Gasteiger partial charge in [0.15, 0.2) is 11.4 Å². The zero-order valence-electron chi connectivity index (χ0n) is 17.8. The van der Waals surface area contributed by atoms with Crippen molar-refractivity contribution in [2.75, 3.05) is 6.54 Å². The Balaban J connectivity index is 2.02. The van der Waals surface area contributed by atoms with E-state index in [9.17, 15) is 24.6 Å². The Bertz CT molecular complexity index is 1180. The van der Waals surface area contributed by atoms with E-state index in [1.165, 1.54) is 10.8 Å². The lowest BCUT2D eigenvalue weighted by molar-refractivity contribution is 0.0580. The first-order valence-corrected chi connectivity index (χ1v) is 10.4. The molecule has 164 valence electrons. The van der Waals surface area contributed by atoms with Crippen molar-refractivity contribution in [3.8, 4) is 5.75 Å². The standard InChI is InChI=1S/C25H24N2O5/c1-15(2)26-14-19(20(16-9-5-3-6-10-16)17-11-7-4-8-12-17)27-13-18(25(31)32)22(28)23(29)21(27)24(26)30/h3-13,15,19-20,29H,14H2,1-2H3,(H,31,32). The van der Waals surface area contributed by atoms with Crippen LogP contribution in [0.5, 0.6) is 5.75 Å². The molecule has 1 aliphatic rings. The van der Waals surface area contributed by atoms with Gasteiger partial charge in [0.2, 0.25) is 5.43 Å². The fourth-order valence-electron chi connectivity index (χ4n) is 4.42. The quantitative estimate of drug-likeness (QED) is 0.643. The third-order valence-corrected chi connectivity index (χ3v) is 5.97. The second-order valence-electron chi connectivity index (χ2n) is 8.20. The first-order valence-electron chi connectivity index (χ1n) is 10.4. The van der Waals surface area contributed by atoms with E-state index >= 15 is 0 Å². The molecule has 1 unspecified atom stereocenters. The van der Waals surface area contributed by atoms with Crippen LogP contribution in [-0.4, -0.2) is 44.1 Å². The summed E-state index contributed by atoms with van der Waals surface area (Å²) in [4.78, 5) is 39.0. The third-order valence-electron chi connectivity index (χ3n) is 5.97. The first-order chi connectivity index (χ1) is 15.3. The van der Waals surface area contributed by atoms with Gasteiger partial charge in [-0.05, 0) is 25.0 Å². The number of amides is 1. The molecule has 1 amide bonds. The Morgan fingerprint density at radius 3 is 1.97 bits per heavy atom. The van der Waals surface area contributed by atoms with E-state index in [-0.39, 0.29) is 17.7 Å². The molecule has 3 aromatic rings. The Morgan fingerprint density at radius 2 is 1.50 bits per heavy atom. The lowest BCUT2D eigenvalue weighted by atomic mass is 9.83. The average Bonchev–Trinajstić information content (AvgIpc) is 2.78. The molecule has 1 aliphatic heterocycles. The predicted molar refractivity (Wildman–Crippen MR) is 119 cm³/mol. The number of pyridine rings is 1. The molecule has 1 aromatic heterocycles. The number of carboxylic acid groups (broad SMARTS) is 1. The van der Waals surface area contributed by atoms with Crippen molar-refractivity contribution < 1.29 is 19.8 Å². The van der Waals surface area contributed by atoms with Gasteiger partial charge in [-0.2, -0.15) is 0 Å². The fraction of sp³-hybridized carbons (Fsp3) is 0.240. The number of carboxylic acids is 1. The summed E-state index contributed by atoms with van der Waals surface area (Å²) in [6.07, 6.45) is 1.19. The number of benzene rings is 2. The number of fused-ring (bicyclic) bond motifs is 1. The summed E-state index contributed by atoms with van der Waals surface area (Å²) in [5, 5.41) is 20.2. The topological polar surface area (TPSA) is 99.8 Å². The molecule has 7 heteroatoms. The van der Waals surface area contributed by atoms with Crippen LogP contribution in [0.2, 0.25) is 0 Å². The van der Waals surface area contributed by atoms with Gasteiger partial charge in [0.1, 0.15) is 5.56 Å². The number of hydrogen-bond donors (Lipinski definition) is 2. The summed E-state index contributed by atoms with van der Waals surface area (Å²) < 4.78 is 1.48. The number of hydrogen-bond acceptors (Lipinski definition) is 4. The lowest BCUT2D eigenvalue weighted by Gasteiger charge is -2.42. The molecule has 2 aromatic carbocycles. The monoisotopic (exact) mass is 432 g/mol. The number of aromatic carboxylic acids is 1. The van der Waals surface area contributed by atoms with Gasteiger partial charge in [0, 0.05) is 24.7 Å². The number of carbonyl (C=O) groups excluding carboxylic acids is 1. The zero-order chi connectivity index (χ0) is 23.0. The Labute approximate surface area is 185 Å². The molecule has 0 aliphatic carbocycles. The van der Waals surface area contributed by atoms with Crippen molar-refractivity contribution >= 4 is 11.9 Å². The molecule has 0 bridgehead atoms. The van der Waals surface area contributed by atoms with E-state index in [0.717, 1.165) is 11.1 Å². The lowest BCUT2D eigenvalue weighted by Crippen LogP contribution is -2.49. The van der Waals surface area contributed by atoms with Gasteiger partial charge in [-0.1, -0.05) is 60.7 Å². The Kier molecular flexibility index (Phi) is 5.57. The maximum Gasteiger partial charge on any atom is 0.341 e. The van der Waals surface area contributed by atoms with Crippen molar-refractivity contribution in [3.63, 3.8) is 0 Å². The summed E-state index contributed by atoms with van der Waals surface area (Å²) in [6.45, 7) is 4.02. The van der Waals surface area contributed by atoms with Gasteiger partial charge in [0.25, 0.3) is 5.91 Å². The molecule has 4 rings (SSSR count). The van der Waals surface area contributed by atoms with Crippen molar-refractivity contribution in [2.24, 2.45) is 0 Å². The van der Waals surface area contributed by atoms with Crippen LogP contribution in [0.15, 0.2) is 71.7 Å². The minimum absolute atomic E-state index is 0.179. The zero-order valence-corrected chi connectivity index (χ0v) is 17.8. The number of rotatable bonds is 5. The smallest absolute Gasteiger partial charge is 0.341 e. The summed E-state index contributed by atoms with van der Waals surface area (Å²) in [6, 6.07) is 18.8. The fourth-order valence-corrected chi connectivity index (χ4v) is 4.42. The molecule has 0 saturated carbocycles. The summed E-state index contributed by atoms with van der Waals surface area (Å²) in [7, 11) is 0. The van der Waals surface area contributed by atoms with E-state index < -0.39 is 34.7 Å². The maximum absolute atomic E-state index is 13.2. The Hall–Kier alpha value is -3.87. The second-order valence-corrected chi connectivity index (χ2v) is 8.20. The van der Waals surface area contributed by atoms with Crippen LogP contribution in [0, 0.1) is 0 Å². The molecule has 0 radical (unpaired) electrons. The van der Waals surface area contributed by atoms with E-state index in [1.54, 1.807) is 4.90 Å². The largest absolute Gasteiger partial charge is 0.503 e. The van der Waals surface area contributed by atoms with Crippen LogP contribution in [0.25, 0.3) is 0 Å². The van der Waals surface area contributed by atoms with Crippen molar-refractivity contribution in [1.29, 1.82) is 0 Å². The van der Waals surface area contributed by atoms with Crippen LogP contribution in [-0.2, 0) is 0 Å². The maximum atomic E-state index is 13.2. The number of carbonyl (C=O) groups is 2. The van der Waals surface area contributed by atoms with Crippen LogP contribution >= 0.6 is 0 Å². The Morgan fingerprint density at radius 1 is 0.969 bits per heavy atom. The highest BCUT2D eigenvalue weighted by Gasteiger charge is 2.40. The van der Waals surface area contributed by atoms with Gasteiger partial charge in [-0.25, -0.2) is 4.79 Å². The molecule has 32 heavy (non-hydrogen) atoms. The van der Waals surface area contributed by atoms with Gasteiger partial charge < -0.3 is 19.7 Å².